The van der Waals surface area contributed by atoms with E-state index in [2.05, 4.69) is 4.98 Å². The number of benzene rings is 1. The van der Waals surface area contributed by atoms with Crippen molar-refractivity contribution < 1.29 is 9.18 Å². The molecule has 0 radical (unpaired) electrons. The topological polar surface area (TPSA) is 55.2 Å². The number of hydrogen-bond acceptors (Lipinski definition) is 4. The van der Waals surface area contributed by atoms with Gasteiger partial charge < -0.3 is 4.90 Å². The highest BCUT2D eigenvalue weighted by molar-refractivity contribution is 8.00. The summed E-state index contributed by atoms with van der Waals surface area (Å²) in [7, 11) is 1.68. The molecule has 1 unspecified atom stereocenters. The Labute approximate surface area is 170 Å². The van der Waals surface area contributed by atoms with Gasteiger partial charge in [-0.25, -0.2) is 9.37 Å². The zero-order valence-electron chi connectivity index (χ0n) is 17.2. The third kappa shape index (κ3) is 5.01. The number of halogens is 1. The minimum Gasteiger partial charge on any atom is -0.342 e. The van der Waals surface area contributed by atoms with Gasteiger partial charge in [0.2, 0.25) is 5.91 Å². The summed E-state index contributed by atoms with van der Waals surface area (Å²) in [6.45, 7) is 9.01. The van der Waals surface area contributed by atoms with Crippen molar-refractivity contribution in [3.8, 4) is 0 Å². The Hall–Kier alpha value is -2.15. The number of carbonyl (C=O) groups excluding carboxylic acids is 1. The third-order valence-corrected chi connectivity index (χ3v) is 6.21. The van der Waals surface area contributed by atoms with Gasteiger partial charge in [-0.1, -0.05) is 30.8 Å². The van der Waals surface area contributed by atoms with Crippen molar-refractivity contribution >= 4 is 17.7 Å². The Morgan fingerprint density at radius 2 is 1.82 bits per heavy atom. The highest BCUT2D eigenvalue weighted by Gasteiger charge is 2.24. The average molecular weight is 406 g/mol. The maximum absolute atomic E-state index is 13.1. The molecular formula is C21H28FN3O2S. The molecule has 0 aliphatic heterocycles. The summed E-state index contributed by atoms with van der Waals surface area (Å²) in [6.07, 6.45) is 1.05. The quantitative estimate of drug-likeness (QED) is 0.498. The lowest BCUT2D eigenvalue weighted by molar-refractivity contribution is -0.130. The molecular weight excluding hydrogens is 377 g/mol. The maximum Gasteiger partial charge on any atom is 0.257 e. The molecule has 5 nitrogen and oxygen atoms in total. The fraction of sp³-hybridized carbons (Fsp3) is 0.476. The fourth-order valence-electron chi connectivity index (χ4n) is 3.02. The number of hydrogen-bond donors (Lipinski definition) is 0. The molecule has 1 heterocycles. The molecule has 0 bridgehead atoms. The third-order valence-electron chi connectivity index (χ3n) is 4.81. The maximum atomic E-state index is 13.1. The van der Waals surface area contributed by atoms with Crippen LogP contribution in [0.2, 0.25) is 0 Å². The number of aryl methyl sites for hydroxylation is 1. The number of thioether (sulfide) groups is 1. The van der Waals surface area contributed by atoms with E-state index in [9.17, 15) is 14.0 Å². The second-order valence-corrected chi connectivity index (χ2v) is 7.82. The van der Waals surface area contributed by atoms with E-state index in [4.69, 9.17) is 0 Å². The van der Waals surface area contributed by atoms with E-state index in [1.807, 2.05) is 20.8 Å². The van der Waals surface area contributed by atoms with Crippen LogP contribution in [0.5, 0.6) is 0 Å². The van der Waals surface area contributed by atoms with Gasteiger partial charge in [0.25, 0.3) is 5.56 Å². The summed E-state index contributed by atoms with van der Waals surface area (Å²) in [5.74, 6) is -0.235. The van der Waals surface area contributed by atoms with Crippen molar-refractivity contribution in [3.05, 3.63) is 57.3 Å². The second kappa shape index (κ2) is 9.87. The summed E-state index contributed by atoms with van der Waals surface area (Å²) >= 11 is 1.34. The first-order valence-corrected chi connectivity index (χ1v) is 10.5. The molecule has 0 aliphatic carbocycles. The predicted octanol–water partition coefficient (Wildman–Crippen LogP) is 3.56. The first-order chi connectivity index (χ1) is 13.3. The molecule has 0 aliphatic rings. The zero-order valence-corrected chi connectivity index (χ0v) is 18.0. The number of aromatic nitrogens is 2. The van der Waals surface area contributed by atoms with Gasteiger partial charge in [0.1, 0.15) is 5.82 Å². The Kier molecular flexibility index (Phi) is 7.80. The van der Waals surface area contributed by atoms with Crippen LogP contribution in [0.25, 0.3) is 0 Å². The molecule has 2 aromatic rings. The molecule has 0 saturated carbocycles. The SMILES string of the molecule is CCC(Sc1nc(C)c(Cc2ccc(F)cc2)c(=O)n1C)C(=O)N(CC)CC. The van der Waals surface area contributed by atoms with E-state index in [-0.39, 0.29) is 22.5 Å². The molecule has 1 atom stereocenters. The van der Waals surface area contributed by atoms with Crippen LogP contribution in [-0.2, 0) is 18.3 Å². The van der Waals surface area contributed by atoms with Crippen molar-refractivity contribution in [2.45, 2.75) is 50.9 Å². The number of rotatable bonds is 8. The molecule has 1 amide bonds. The summed E-state index contributed by atoms with van der Waals surface area (Å²) < 4.78 is 14.6. The van der Waals surface area contributed by atoms with Gasteiger partial charge in [0.05, 0.1) is 5.25 Å². The van der Waals surface area contributed by atoms with E-state index in [0.29, 0.717) is 42.3 Å². The number of amides is 1. The van der Waals surface area contributed by atoms with E-state index in [1.165, 1.54) is 28.5 Å². The van der Waals surface area contributed by atoms with Gasteiger partial charge in [-0.05, 0) is 44.9 Å². The normalized spacial score (nSPS) is 12.1. The monoisotopic (exact) mass is 405 g/mol. The van der Waals surface area contributed by atoms with Gasteiger partial charge in [0, 0.05) is 37.8 Å². The van der Waals surface area contributed by atoms with Gasteiger partial charge in [-0.15, -0.1) is 0 Å². The largest absolute Gasteiger partial charge is 0.342 e. The smallest absolute Gasteiger partial charge is 0.257 e. The molecule has 152 valence electrons. The van der Waals surface area contributed by atoms with E-state index >= 15 is 0 Å². The molecule has 0 N–H and O–H groups in total. The molecule has 0 spiro atoms. The molecule has 0 fully saturated rings. The van der Waals surface area contributed by atoms with E-state index in [1.54, 1.807) is 31.0 Å². The first kappa shape index (κ1) is 22.1. The number of carbonyl (C=O) groups is 1. The molecule has 7 heteroatoms. The minimum absolute atomic E-state index is 0.0693. The first-order valence-electron chi connectivity index (χ1n) is 9.58. The average Bonchev–Trinajstić information content (AvgIpc) is 2.69. The molecule has 0 saturated heterocycles. The van der Waals surface area contributed by atoms with Crippen LogP contribution in [-0.4, -0.2) is 38.7 Å². The Morgan fingerprint density at radius 3 is 2.36 bits per heavy atom. The van der Waals surface area contributed by atoms with Gasteiger partial charge in [-0.2, -0.15) is 0 Å². The lowest BCUT2D eigenvalue weighted by Crippen LogP contribution is -2.37. The second-order valence-electron chi connectivity index (χ2n) is 6.65. The highest BCUT2D eigenvalue weighted by atomic mass is 32.2. The lowest BCUT2D eigenvalue weighted by atomic mass is 10.1. The van der Waals surface area contributed by atoms with Crippen molar-refractivity contribution in [1.82, 2.24) is 14.5 Å². The zero-order chi connectivity index (χ0) is 20.8. The van der Waals surface area contributed by atoms with Crippen molar-refractivity contribution in [2.24, 2.45) is 7.05 Å². The molecule has 1 aromatic heterocycles. The summed E-state index contributed by atoms with van der Waals surface area (Å²) in [6, 6.07) is 6.12. The van der Waals surface area contributed by atoms with Crippen LogP contribution in [0.15, 0.2) is 34.2 Å². The Morgan fingerprint density at radius 1 is 1.21 bits per heavy atom. The molecule has 28 heavy (non-hydrogen) atoms. The van der Waals surface area contributed by atoms with Crippen molar-refractivity contribution in [2.75, 3.05) is 13.1 Å². The van der Waals surface area contributed by atoms with Crippen molar-refractivity contribution in [1.29, 1.82) is 0 Å². The van der Waals surface area contributed by atoms with Crippen molar-refractivity contribution in [3.63, 3.8) is 0 Å². The molecule has 1 aromatic carbocycles. The fourth-order valence-corrected chi connectivity index (χ4v) is 4.12. The van der Waals surface area contributed by atoms with Crippen LogP contribution < -0.4 is 5.56 Å². The summed E-state index contributed by atoms with van der Waals surface area (Å²) in [5, 5.41) is 0.262. The minimum atomic E-state index is -0.304. The van der Waals surface area contributed by atoms with Crippen LogP contribution in [0.1, 0.15) is 44.0 Å². The van der Waals surface area contributed by atoms with Crippen LogP contribution >= 0.6 is 11.8 Å². The Balaban J connectivity index is 2.31. The molecule has 2 rings (SSSR count). The van der Waals surface area contributed by atoms with Crippen LogP contribution in [0.3, 0.4) is 0 Å². The Bertz CT molecular complexity index is 876. The lowest BCUT2D eigenvalue weighted by Gasteiger charge is -2.24. The van der Waals surface area contributed by atoms with Crippen LogP contribution in [0, 0.1) is 12.7 Å². The van der Waals surface area contributed by atoms with Crippen LogP contribution in [0.4, 0.5) is 4.39 Å². The van der Waals surface area contributed by atoms with E-state index < -0.39 is 0 Å². The summed E-state index contributed by atoms with van der Waals surface area (Å²) in [4.78, 5) is 32.0. The predicted molar refractivity (Wildman–Crippen MR) is 111 cm³/mol. The van der Waals surface area contributed by atoms with E-state index in [0.717, 1.165) is 5.56 Å². The van der Waals surface area contributed by atoms with Gasteiger partial charge in [0.15, 0.2) is 5.16 Å². The highest BCUT2D eigenvalue weighted by Crippen LogP contribution is 2.25. The van der Waals surface area contributed by atoms with Gasteiger partial charge in [-0.3, -0.25) is 14.2 Å². The number of nitrogens with zero attached hydrogens (tertiary/aromatic N) is 3. The standard InChI is InChI=1S/C21H28FN3O2S/c1-6-18(20(27)25(7-2)8-3)28-21-23-14(4)17(19(26)24(21)5)13-15-9-11-16(22)12-10-15/h9-12,18H,6-8,13H2,1-5H3. The van der Waals surface area contributed by atoms with Gasteiger partial charge >= 0.3 is 0 Å². The summed E-state index contributed by atoms with van der Waals surface area (Å²) in [5.41, 5.74) is 1.94.